The van der Waals surface area contributed by atoms with E-state index in [4.69, 9.17) is 10.5 Å². The van der Waals surface area contributed by atoms with E-state index in [-0.39, 0.29) is 25.2 Å². The van der Waals surface area contributed by atoms with Gasteiger partial charge in [-0.25, -0.2) is 0 Å². The predicted molar refractivity (Wildman–Crippen MR) is 102 cm³/mol. The molecular weight excluding hydrogens is 348 g/mol. The molecule has 1 aromatic carbocycles. The van der Waals surface area contributed by atoms with E-state index in [1.807, 2.05) is 43.3 Å². The standard InChI is InChI=1S/C20H20N2O3S/c1-13-9-10-22-16-11-18(26-19(13)16)17(23)8-7-15(21)20(24)25-12-14-5-3-2-4-6-14/h2-6,9-11,15H,7-8,12,21H2,1H3/t15-/m1/s1. The van der Waals surface area contributed by atoms with Gasteiger partial charge in [0.05, 0.1) is 15.1 Å². The fourth-order valence-corrected chi connectivity index (χ4v) is 3.62. The number of nitrogens with zero attached hydrogens (tertiary/aromatic N) is 1. The number of aromatic nitrogens is 1. The number of Topliss-reactive ketones (excluding diaryl/α,β-unsaturated/α-hetero) is 1. The van der Waals surface area contributed by atoms with Gasteiger partial charge in [-0.3, -0.25) is 14.6 Å². The zero-order chi connectivity index (χ0) is 18.5. The number of fused-ring (bicyclic) bond motifs is 1. The van der Waals surface area contributed by atoms with Gasteiger partial charge in [-0.2, -0.15) is 0 Å². The Kier molecular flexibility index (Phi) is 5.75. The van der Waals surface area contributed by atoms with Gasteiger partial charge in [-0.1, -0.05) is 30.3 Å². The lowest BCUT2D eigenvalue weighted by molar-refractivity contribution is -0.146. The summed E-state index contributed by atoms with van der Waals surface area (Å²) in [6.45, 7) is 2.18. The van der Waals surface area contributed by atoms with Gasteiger partial charge in [0, 0.05) is 12.6 Å². The molecule has 2 N–H and O–H groups in total. The van der Waals surface area contributed by atoms with Crippen LogP contribution in [0.25, 0.3) is 10.2 Å². The second kappa shape index (κ2) is 8.21. The Labute approximate surface area is 155 Å². The third kappa shape index (κ3) is 4.33. The van der Waals surface area contributed by atoms with Crippen LogP contribution < -0.4 is 5.73 Å². The molecule has 0 aliphatic carbocycles. The minimum Gasteiger partial charge on any atom is -0.460 e. The van der Waals surface area contributed by atoms with Gasteiger partial charge in [0.1, 0.15) is 12.6 Å². The average Bonchev–Trinajstić information content (AvgIpc) is 3.10. The Morgan fingerprint density at radius 1 is 1.23 bits per heavy atom. The van der Waals surface area contributed by atoms with Crippen LogP contribution in [0.4, 0.5) is 0 Å². The lowest BCUT2D eigenvalue weighted by Crippen LogP contribution is -2.32. The van der Waals surface area contributed by atoms with E-state index >= 15 is 0 Å². The van der Waals surface area contributed by atoms with Gasteiger partial charge in [-0.05, 0) is 36.6 Å². The minimum atomic E-state index is -0.808. The highest BCUT2D eigenvalue weighted by atomic mass is 32.1. The Balaban J connectivity index is 1.52. The normalized spacial score (nSPS) is 12.1. The summed E-state index contributed by atoms with van der Waals surface area (Å²) in [7, 11) is 0. The van der Waals surface area contributed by atoms with Crippen molar-refractivity contribution in [1.82, 2.24) is 4.98 Å². The first-order valence-electron chi connectivity index (χ1n) is 8.39. The van der Waals surface area contributed by atoms with Crippen molar-refractivity contribution in [2.45, 2.75) is 32.4 Å². The Morgan fingerprint density at radius 2 is 2.00 bits per heavy atom. The maximum Gasteiger partial charge on any atom is 0.323 e. The second-order valence-electron chi connectivity index (χ2n) is 6.11. The van der Waals surface area contributed by atoms with Gasteiger partial charge < -0.3 is 10.5 Å². The Hall–Kier alpha value is -2.57. The van der Waals surface area contributed by atoms with E-state index in [1.165, 1.54) is 11.3 Å². The minimum absolute atomic E-state index is 0.0290. The van der Waals surface area contributed by atoms with Crippen molar-refractivity contribution < 1.29 is 14.3 Å². The summed E-state index contributed by atoms with van der Waals surface area (Å²) in [5.74, 6) is -0.519. The molecule has 0 saturated heterocycles. The summed E-state index contributed by atoms with van der Waals surface area (Å²) in [4.78, 5) is 29.3. The molecule has 26 heavy (non-hydrogen) atoms. The smallest absolute Gasteiger partial charge is 0.323 e. The first-order chi connectivity index (χ1) is 12.5. The molecule has 0 aliphatic heterocycles. The molecule has 0 unspecified atom stereocenters. The molecule has 134 valence electrons. The molecule has 3 rings (SSSR count). The average molecular weight is 368 g/mol. The van der Waals surface area contributed by atoms with Gasteiger partial charge >= 0.3 is 5.97 Å². The van der Waals surface area contributed by atoms with Crippen LogP contribution in [-0.2, 0) is 16.1 Å². The topological polar surface area (TPSA) is 82.3 Å². The molecule has 0 aliphatic rings. The highest BCUT2D eigenvalue weighted by molar-refractivity contribution is 7.21. The SMILES string of the molecule is Cc1ccnc2cc(C(=O)CC[C@@H](N)C(=O)OCc3ccccc3)sc12. The number of carbonyl (C=O) groups excluding carboxylic acids is 2. The van der Waals surface area contributed by atoms with Gasteiger partial charge in [0.25, 0.3) is 0 Å². The monoisotopic (exact) mass is 368 g/mol. The number of hydrogen-bond acceptors (Lipinski definition) is 6. The van der Waals surface area contributed by atoms with Gasteiger partial charge in [0.2, 0.25) is 0 Å². The van der Waals surface area contributed by atoms with E-state index in [9.17, 15) is 9.59 Å². The van der Waals surface area contributed by atoms with Crippen molar-refractivity contribution in [1.29, 1.82) is 0 Å². The number of carbonyl (C=O) groups is 2. The highest BCUT2D eigenvalue weighted by Gasteiger charge is 2.19. The maximum absolute atomic E-state index is 12.4. The number of benzene rings is 1. The molecule has 6 heteroatoms. The van der Waals surface area contributed by atoms with Crippen LogP contribution in [0.1, 0.15) is 33.6 Å². The summed E-state index contributed by atoms with van der Waals surface area (Å²) >= 11 is 1.43. The number of thiophene rings is 1. The number of rotatable bonds is 7. The van der Waals surface area contributed by atoms with E-state index < -0.39 is 12.0 Å². The summed E-state index contributed by atoms with van der Waals surface area (Å²) in [5.41, 5.74) is 8.69. The molecule has 3 aromatic rings. The molecule has 0 amide bonds. The summed E-state index contributed by atoms with van der Waals surface area (Å²) in [6, 6.07) is 12.3. The molecule has 0 fully saturated rings. The molecule has 0 radical (unpaired) electrons. The maximum atomic E-state index is 12.4. The van der Waals surface area contributed by atoms with Crippen LogP contribution in [0, 0.1) is 6.92 Å². The second-order valence-corrected chi connectivity index (χ2v) is 7.17. The number of aryl methyl sites for hydroxylation is 1. The first kappa shape index (κ1) is 18.2. The quantitative estimate of drug-likeness (QED) is 0.508. The van der Waals surface area contributed by atoms with Crippen molar-refractivity contribution in [3.8, 4) is 0 Å². The lowest BCUT2D eigenvalue weighted by atomic mass is 10.1. The third-order valence-corrected chi connectivity index (χ3v) is 5.39. The van der Waals surface area contributed by atoms with Crippen molar-refractivity contribution in [3.63, 3.8) is 0 Å². The summed E-state index contributed by atoms with van der Waals surface area (Å²) in [5, 5.41) is 0. The largest absolute Gasteiger partial charge is 0.460 e. The first-order valence-corrected chi connectivity index (χ1v) is 9.21. The number of nitrogens with two attached hydrogens (primary N) is 1. The third-order valence-electron chi connectivity index (χ3n) is 4.09. The van der Waals surface area contributed by atoms with Crippen LogP contribution in [0.3, 0.4) is 0 Å². The van der Waals surface area contributed by atoms with E-state index in [2.05, 4.69) is 4.98 Å². The number of hydrogen-bond donors (Lipinski definition) is 1. The van der Waals surface area contributed by atoms with Crippen molar-refractivity contribution in [2.24, 2.45) is 5.73 Å². The zero-order valence-corrected chi connectivity index (χ0v) is 15.3. The zero-order valence-electron chi connectivity index (χ0n) is 14.5. The number of ether oxygens (including phenoxy) is 1. The van der Waals surface area contributed by atoms with Crippen LogP contribution in [0.15, 0.2) is 48.7 Å². The molecule has 0 saturated carbocycles. The van der Waals surface area contributed by atoms with Gasteiger partial charge in [-0.15, -0.1) is 11.3 Å². The van der Waals surface area contributed by atoms with E-state index in [0.29, 0.717) is 4.88 Å². The molecule has 5 nitrogen and oxygen atoms in total. The fourth-order valence-electron chi connectivity index (χ4n) is 2.57. The lowest BCUT2D eigenvalue weighted by Gasteiger charge is -2.11. The van der Waals surface area contributed by atoms with E-state index in [1.54, 1.807) is 12.3 Å². The Bertz CT molecular complexity index is 921. The highest BCUT2D eigenvalue weighted by Crippen LogP contribution is 2.27. The fraction of sp³-hybridized carbons (Fsp3) is 0.250. The van der Waals surface area contributed by atoms with Crippen molar-refractivity contribution >= 4 is 33.3 Å². The number of pyridine rings is 1. The Morgan fingerprint density at radius 3 is 2.73 bits per heavy atom. The van der Waals surface area contributed by atoms with Gasteiger partial charge in [0.15, 0.2) is 5.78 Å². The number of ketones is 1. The number of esters is 1. The van der Waals surface area contributed by atoms with Crippen LogP contribution >= 0.6 is 11.3 Å². The molecule has 2 aromatic heterocycles. The summed E-state index contributed by atoms with van der Waals surface area (Å²) < 4.78 is 6.23. The molecule has 2 heterocycles. The van der Waals surface area contributed by atoms with Crippen LogP contribution in [0.5, 0.6) is 0 Å². The van der Waals surface area contributed by atoms with Crippen LogP contribution in [0.2, 0.25) is 0 Å². The summed E-state index contributed by atoms with van der Waals surface area (Å²) in [6.07, 6.45) is 2.19. The molecule has 0 spiro atoms. The van der Waals surface area contributed by atoms with Crippen LogP contribution in [-0.4, -0.2) is 22.8 Å². The predicted octanol–water partition coefficient (Wildman–Crippen LogP) is 3.64. The molecular formula is C20H20N2O3S. The molecule has 1 atom stereocenters. The van der Waals surface area contributed by atoms with Crippen molar-refractivity contribution in [2.75, 3.05) is 0 Å². The van der Waals surface area contributed by atoms with E-state index in [0.717, 1.165) is 21.3 Å². The molecule has 0 bridgehead atoms. The van der Waals surface area contributed by atoms with Crippen molar-refractivity contribution in [3.05, 3.63) is 64.7 Å².